The van der Waals surface area contributed by atoms with Gasteiger partial charge in [-0.2, -0.15) is 0 Å². The van der Waals surface area contributed by atoms with Gasteiger partial charge >= 0.3 is 0 Å². The minimum Gasteiger partial charge on any atom is -0.496 e. The van der Waals surface area contributed by atoms with Crippen molar-refractivity contribution in [1.29, 1.82) is 0 Å². The third kappa shape index (κ3) is 3.96. The van der Waals surface area contributed by atoms with E-state index in [0.29, 0.717) is 5.92 Å². The van der Waals surface area contributed by atoms with Crippen LogP contribution in [-0.2, 0) is 4.79 Å². The molecule has 0 fully saturated rings. The number of benzene rings is 1. The van der Waals surface area contributed by atoms with E-state index in [1.165, 1.54) is 0 Å². The summed E-state index contributed by atoms with van der Waals surface area (Å²) in [7, 11) is 5.28. The van der Waals surface area contributed by atoms with Crippen molar-refractivity contribution in [2.75, 3.05) is 21.2 Å². The molecule has 1 aromatic rings. The number of hydrogen-bond acceptors (Lipinski definition) is 3. The van der Waals surface area contributed by atoms with Crippen LogP contribution in [0.3, 0.4) is 0 Å². The van der Waals surface area contributed by atoms with Crippen LogP contribution in [0.25, 0.3) is 0 Å². The van der Waals surface area contributed by atoms with E-state index in [-0.39, 0.29) is 11.8 Å². The highest BCUT2D eigenvalue weighted by molar-refractivity contribution is 5.82. The van der Waals surface area contributed by atoms with Crippen LogP contribution < -0.4 is 10.2 Å². The van der Waals surface area contributed by atoms with E-state index in [0.717, 1.165) is 16.9 Å². The van der Waals surface area contributed by atoms with Crippen LogP contribution in [0.15, 0.2) is 18.2 Å². The highest BCUT2D eigenvalue weighted by atomic mass is 16.5. The third-order valence-corrected chi connectivity index (χ3v) is 3.10. The van der Waals surface area contributed by atoms with Gasteiger partial charge in [0.2, 0.25) is 5.91 Å². The molecule has 0 aliphatic heterocycles. The lowest BCUT2D eigenvalue weighted by atomic mass is 9.93. The highest BCUT2D eigenvalue weighted by Crippen LogP contribution is 2.29. The van der Waals surface area contributed by atoms with Crippen molar-refractivity contribution in [2.24, 2.45) is 0 Å². The summed E-state index contributed by atoms with van der Waals surface area (Å²) in [5.41, 5.74) is 4.91. The maximum Gasteiger partial charge on any atom is 0.241 e. The summed E-state index contributed by atoms with van der Waals surface area (Å²) in [6, 6.07) is 5.94. The third-order valence-electron chi connectivity index (χ3n) is 3.10. The predicted molar refractivity (Wildman–Crippen MR) is 77.3 cm³/mol. The first kappa shape index (κ1) is 15.5. The highest BCUT2D eigenvalue weighted by Gasteiger charge is 2.18. The van der Waals surface area contributed by atoms with E-state index < -0.39 is 0 Å². The lowest BCUT2D eigenvalue weighted by Gasteiger charge is -2.19. The molecule has 1 unspecified atom stereocenters. The van der Waals surface area contributed by atoms with E-state index in [1.54, 1.807) is 26.2 Å². The Morgan fingerprint density at radius 1 is 1.26 bits per heavy atom. The van der Waals surface area contributed by atoms with E-state index in [4.69, 9.17) is 4.74 Å². The summed E-state index contributed by atoms with van der Waals surface area (Å²) in [6.07, 6.45) is 0. The van der Waals surface area contributed by atoms with Gasteiger partial charge in [0.25, 0.3) is 0 Å². The molecule has 0 spiro atoms. The van der Waals surface area contributed by atoms with Gasteiger partial charge in [0, 0.05) is 14.1 Å². The molecule has 0 bridgehead atoms. The average molecular weight is 264 g/mol. The molecule has 1 rings (SSSR count). The van der Waals surface area contributed by atoms with Crippen LogP contribution in [0.2, 0.25) is 0 Å². The fourth-order valence-electron chi connectivity index (χ4n) is 1.94. The molecule has 0 aromatic heterocycles. The zero-order chi connectivity index (χ0) is 14.6. The summed E-state index contributed by atoms with van der Waals surface area (Å²) in [5, 5.41) is 1.66. The normalized spacial score (nSPS) is 12.6. The van der Waals surface area contributed by atoms with Gasteiger partial charge in [0.15, 0.2) is 0 Å². The molecule has 1 atom stereocenters. The molecule has 0 saturated heterocycles. The Kier molecular flexibility index (Phi) is 5.36. The second-order valence-corrected chi connectivity index (χ2v) is 5.25. The topological polar surface area (TPSA) is 41.6 Å². The van der Waals surface area contributed by atoms with Crippen LogP contribution in [0, 0.1) is 0 Å². The van der Waals surface area contributed by atoms with Crippen LogP contribution in [0.1, 0.15) is 43.7 Å². The SMILES string of the molecule is COc1ccc(C(C)C(=O)NN(C)C)cc1C(C)C. The average Bonchev–Trinajstić information content (AvgIpc) is 2.36. The Morgan fingerprint density at radius 2 is 1.89 bits per heavy atom. The predicted octanol–water partition coefficient (Wildman–Crippen LogP) is 2.51. The minimum absolute atomic E-state index is 0.00938. The van der Waals surface area contributed by atoms with Gasteiger partial charge < -0.3 is 4.74 Å². The smallest absolute Gasteiger partial charge is 0.241 e. The lowest BCUT2D eigenvalue weighted by molar-refractivity contribution is -0.125. The van der Waals surface area contributed by atoms with Crippen molar-refractivity contribution in [3.63, 3.8) is 0 Å². The first-order valence-electron chi connectivity index (χ1n) is 6.52. The number of hydrogen-bond donors (Lipinski definition) is 1. The van der Waals surface area contributed by atoms with Crippen molar-refractivity contribution < 1.29 is 9.53 Å². The Balaban J connectivity index is 3.01. The van der Waals surface area contributed by atoms with Gasteiger partial charge in [-0.3, -0.25) is 10.2 Å². The number of hydrazine groups is 1. The lowest BCUT2D eigenvalue weighted by Crippen LogP contribution is -2.38. The van der Waals surface area contributed by atoms with Gasteiger partial charge in [0.05, 0.1) is 13.0 Å². The fourth-order valence-corrected chi connectivity index (χ4v) is 1.94. The number of nitrogens with zero attached hydrogens (tertiary/aromatic N) is 1. The molecule has 1 amide bonds. The van der Waals surface area contributed by atoms with E-state index in [2.05, 4.69) is 25.3 Å². The van der Waals surface area contributed by atoms with Crippen molar-refractivity contribution in [3.05, 3.63) is 29.3 Å². The van der Waals surface area contributed by atoms with Gasteiger partial charge in [0.1, 0.15) is 5.75 Å². The number of methoxy groups -OCH3 is 1. The molecule has 19 heavy (non-hydrogen) atoms. The number of ether oxygens (including phenoxy) is 1. The molecule has 106 valence electrons. The van der Waals surface area contributed by atoms with Crippen molar-refractivity contribution in [3.8, 4) is 5.75 Å². The van der Waals surface area contributed by atoms with E-state index in [9.17, 15) is 4.79 Å². The van der Waals surface area contributed by atoms with Gasteiger partial charge in [-0.15, -0.1) is 0 Å². The monoisotopic (exact) mass is 264 g/mol. The van der Waals surface area contributed by atoms with Crippen LogP contribution in [0.5, 0.6) is 5.75 Å². The molecular formula is C15H24N2O2. The number of carbonyl (C=O) groups excluding carboxylic acids is 1. The van der Waals surface area contributed by atoms with Crippen LogP contribution in [0.4, 0.5) is 0 Å². The van der Waals surface area contributed by atoms with Crippen molar-refractivity contribution >= 4 is 5.91 Å². The number of rotatable bonds is 5. The molecule has 1 N–H and O–H groups in total. The molecule has 1 aromatic carbocycles. The second kappa shape index (κ2) is 6.57. The Bertz CT molecular complexity index is 442. The maximum atomic E-state index is 12.0. The summed E-state index contributed by atoms with van der Waals surface area (Å²) < 4.78 is 5.36. The van der Waals surface area contributed by atoms with E-state index in [1.807, 2.05) is 19.1 Å². The van der Waals surface area contributed by atoms with Gasteiger partial charge in [-0.25, -0.2) is 5.01 Å². The first-order chi connectivity index (χ1) is 8.86. The second-order valence-electron chi connectivity index (χ2n) is 5.25. The number of carbonyl (C=O) groups is 1. The number of nitrogens with one attached hydrogen (secondary N) is 1. The van der Waals surface area contributed by atoms with Gasteiger partial charge in [-0.1, -0.05) is 26.0 Å². The zero-order valence-electron chi connectivity index (χ0n) is 12.7. The molecule has 0 aliphatic rings. The Morgan fingerprint density at radius 3 is 2.37 bits per heavy atom. The van der Waals surface area contributed by atoms with Crippen LogP contribution >= 0.6 is 0 Å². The van der Waals surface area contributed by atoms with Crippen molar-refractivity contribution in [1.82, 2.24) is 10.4 Å². The molecule has 0 heterocycles. The van der Waals surface area contributed by atoms with Crippen molar-refractivity contribution in [2.45, 2.75) is 32.6 Å². The quantitative estimate of drug-likeness (QED) is 0.831. The fraction of sp³-hybridized carbons (Fsp3) is 0.533. The standard InChI is InChI=1S/C15H24N2O2/c1-10(2)13-9-12(7-8-14(13)19-6)11(3)15(18)16-17(4)5/h7-11H,1-6H3,(H,16,18). The summed E-state index contributed by atoms with van der Waals surface area (Å²) in [6.45, 7) is 6.14. The molecule has 0 saturated carbocycles. The zero-order valence-corrected chi connectivity index (χ0v) is 12.7. The van der Waals surface area contributed by atoms with Crippen LogP contribution in [-0.4, -0.2) is 32.1 Å². The molecule has 4 nitrogen and oxygen atoms in total. The van der Waals surface area contributed by atoms with E-state index >= 15 is 0 Å². The molecule has 0 radical (unpaired) electrons. The first-order valence-corrected chi connectivity index (χ1v) is 6.52. The molecule has 4 heteroatoms. The maximum absolute atomic E-state index is 12.0. The Labute approximate surface area is 115 Å². The number of amides is 1. The summed E-state index contributed by atoms with van der Waals surface area (Å²) in [4.78, 5) is 12.0. The summed E-state index contributed by atoms with van der Waals surface area (Å²) >= 11 is 0. The van der Waals surface area contributed by atoms with Gasteiger partial charge in [-0.05, 0) is 30.0 Å². The Hall–Kier alpha value is -1.55. The molecular weight excluding hydrogens is 240 g/mol. The minimum atomic E-state index is -0.189. The molecule has 0 aliphatic carbocycles. The largest absolute Gasteiger partial charge is 0.496 e. The summed E-state index contributed by atoms with van der Waals surface area (Å²) in [5.74, 6) is 1.04.